The topological polar surface area (TPSA) is 96.0 Å². The predicted molar refractivity (Wildman–Crippen MR) is 97.3 cm³/mol. The van der Waals surface area contributed by atoms with Gasteiger partial charge in [0.25, 0.3) is 5.91 Å². The number of nitrogens with one attached hydrogen (secondary N) is 1. The number of benzene rings is 2. The van der Waals surface area contributed by atoms with Gasteiger partial charge in [-0.05, 0) is 36.4 Å². The van der Waals surface area contributed by atoms with Gasteiger partial charge in [0.15, 0.2) is 0 Å². The third kappa shape index (κ3) is 3.95. The number of urea groups is 1. The Balaban J connectivity index is 1.63. The first-order valence-corrected chi connectivity index (χ1v) is 8.14. The lowest BCUT2D eigenvalue weighted by Crippen LogP contribution is -2.39. The van der Waals surface area contributed by atoms with Gasteiger partial charge in [0.2, 0.25) is 5.91 Å². The van der Waals surface area contributed by atoms with Gasteiger partial charge in [-0.2, -0.15) is 0 Å². The second-order valence-corrected chi connectivity index (χ2v) is 5.80. The molecule has 0 atom stereocenters. The van der Waals surface area contributed by atoms with Crippen molar-refractivity contribution < 1.29 is 23.9 Å². The number of methoxy groups -OCH3 is 1. The van der Waals surface area contributed by atoms with Crippen molar-refractivity contribution in [2.45, 2.75) is 0 Å². The largest absolute Gasteiger partial charge is 0.465 e. The zero-order valence-corrected chi connectivity index (χ0v) is 14.5. The van der Waals surface area contributed by atoms with Crippen molar-refractivity contribution in [3.63, 3.8) is 0 Å². The molecule has 0 spiro atoms. The SMILES string of the molecule is COC(=O)c1ccc(NC(=O)CN2C(=O)CN(c3ccccc3)C2=O)cc1. The number of carbonyl (C=O) groups is 4. The molecule has 0 saturated carbocycles. The van der Waals surface area contributed by atoms with Gasteiger partial charge in [-0.1, -0.05) is 18.2 Å². The van der Waals surface area contributed by atoms with Crippen molar-refractivity contribution in [3.05, 3.63) is 60.2 Å². The lowest BCUT2D eigenvalue weighted by molar-refractivity contribution is -0.128. The molecule has 2 aromatic rings. The smallest absolute Gasteiger partial charge is 0.337 e. The van der Waals surface area contributed by atoms with Gasteiger partial charge in [0, 0.05) is 11.4 Å². The molecule has 1 heterocycles. The fourth-order valence-corrected chi connectivity index (χ4v) is 2.66. The molecule has 8 heteroatoms. The van der Waals surface area contributed by atoms with Crippen molar-refractivity contribution in [1.29, 1.82) is 0 Å². The zero-order valence-electron chi connectivity index (χ0n) is 14.5. The van der Waals surface area contributed by atoms with Crippen LogP contribution in [-0.2, 0) is 14.3 Å². The quantitative estimate of drug-likeness (QED) is 0.643. The normalized spacial score (nSPS) is 13.7. The average molecular weight is 367 g/mol. The van der Waals surface area contributed by atoms with Crippen LogP contribution in [0.5, 0.6) is 0 Å². The number of anilines is 2. The molecular formula is C19H17N3O5. The Hall–Kier alpha value is -3.68. The molecule has 1 fully saturated rings. The summed E-state index contributed by atoms with van der Waals surface area (Å²) < 4.78 is 4.60. The van der Waals surface area contributed by atoms with Gasteiger partial charge in [-0.15, -0.1) is 0 Å². The Labute approximate surface area is 155 Å². The summed E-state index contributed by atoms with van der Waals surface area (Å²) in [4.78, 5) is 50.4. The first-order chi connectivity index (χ1) is 13.0. The fraction of sp³-hybridized carbons (Fsp3) is 0.158. The molecule has 8 nitrogen and oxygen atoms in total. The molecule has 2 aromatic carbocycles. The molecule has 0 radical (unpaired) electrons. The van der Waals surface area contributed by atoms with Gasteiger partial charge >= 0.3 is 12.0 Å². The second-order valence-electron chi connectivity index (χ2n) is 5.80. The molecule has 1 N–H and O–H groups in total. The predicted octanol–water partition coefficient (Wildman–Crippen LogP) is 1.88. The third-order valence-corrected chi connectivity index (χ3v) is 4.02. The van der Waals surface area contributed by atoms with Crippen LogP contribution < -0.4 is 10.2 Å². The van der Waals surface area contributed by atoms with Crippen LogP contribution >= 0.6 is 0 Å². The Morgan fingerprint density at radius 1 is 1.04 bits per heavy atom. The van der Waals surface area contributed by atoms with E-state index >= 15 is 0 Å². The summed E-state index contributed by atoms with van der Waals surface area (Å²) >= 11 is 0. The van der Waals surface area contributed by atoms with Crippen LogP contribution in [0, 0.1) is 0 Å². The fourth-order valence-electron chi connectivity index (χ4n) is 2.66. The number of para-hydroxylation sites is 1. The minimum absolute atomic E-state index is 0.107. The van der Waals surface area contributed by atoms with E-state index in [9.17, 15) is 19.2 Å². The van der Waals surface area contributed by atoms with Gasteiger partial charge in [0.1, 0.15) is 13.1 Å². The summed E-state index contributed by atoms with van der Waals surface area (Å²) in [5.74, 6) is -1.44. The molecule has 3 rings (SSSR count). The number of hydrogen-bond donors (Lipinski definition) is 1. The molecule has 4 amide bonds. The molecule has 0 aliphatic carbocycles. The van der Waals surface area contributed by atoms with E-state index in [2.05, 4.69) is 10.1 Å². The Bertz CT molecular complexity index is 880. The number of esters is 1. The number of ether oxygens (including phenoxy) is 1. The van der Waals surface area contributed by atoms with Gasteiger partial charge in [-0.3, -0.25) is 19.4 Å². The second kappa shape index (κ2) is 7.69. The van der Waals surface area contributed by atoms with E-state index < -0.39 is 23.8 Å². The lowest BCUT2D eigenvalue weighted by Gasteiger charge is -2.17. The molecule has 0 unspecified atom stereocenters. The van der Waals surface area contributed by atoms with Crippen molar-refractivity contribution in [3.8, 4) is 0 Å². The number of rotatable bonds is 5. The minimum atomic E-state index is -0.539. The van der Waals surface area contributed by atoms with Gasteiger partial charge in [0.05, 0.1) is 12.7 Å². The summed E-state index contributed by atoms with van der Waals surface area (Å²) in [7, 11) is 1.28. The highest BCUT2D eigenvalue weighted by molar-refractivity contribution is 6.14. The van der Waals surface area contributed by atoms with E-state index in [1.807, 2.05) is 6.07 Å². The maximum Gasteiger partial charge on any atom is 0.337 e. The lowest BCUT2D eigenvalue weighted by atomic mass is 10.2. The molecular weight excluding hydrogens is 350 g/mol. The van der Waals surface area contributed by atoms with Crippen LogP contribution in [-0.4, -0.2) is 48.9 Å². The first-order valence-electron chi connectivity index (χ1n) is 8.14. The molecule has 1 saturated heterocycles. The molecule has 1 aliphatic rings. The van der Waals surface area contributed by atoms with E-state index in [0.717, 1.165) is 4.90 Å². The van der Waals surface area contributed by atoms with Crippen LogP contribution in [0.15, 0.2) is 54.6 Å². The number of carbonyl (C=O) groups excluding carboxylic acids is 4. The summed E-state index contributed by atoms with van der Waals surface area (Å²) in [5.41, 5.74) is 1.38. The van der Waals surface area contributed by atoms with Gasteiger partial charge < -0.3 is 10.1 Å². The van der Waals surface area contributed by atoms with E-state index in [-0.39, 0.29) is 13.1 Å². The number of imide groups is 1. The van der Waals surface area contributed by atoms with Crippen molar-refractivity contribution in [1.82, 2.24) is 4.90 Å². The Kier molecular flexibility index (Phi) is 5.16. The van der Waals surface area contributed by atoms with E-state index in [1.54, 1.807) is 24.3 Å². The Morgan fingerprint density at radius 3 is 2.33 bits per heavy atom. The highest BCUT2D eigenvalue weighted by Gasteiger charge is 2.37. The third-order valence-electron chi connectivity index (χ3n) is 4.02. The van der Waals surface area contributed by atoms with Crippen LogP contribution in [0.25, 0.3) is 0 Å². The molecule has 0 bridgehead atoms. The van der Waals surface area contributed by atoms with Crippen LogP contribution in [0.1, 0.15) is 10.4 Å². The molecule has 0 aromatic heterocycles. The summed E-state index contributed by atoms with van der Waals surface area (Å²) in [5, 5.41) is 2.59. The molecule has 1 aliphatic heterocycles. The monoisotopic (exact) mass is 367 g/mol. The number of amides is 4. The van der Waals surface area contributed by atoms with Crippen molar-refractivity contribution in [2.24, 2.45) is 0 Å². The first kappa shape index (κ1) is 18.1. The van der Waals surface area contributed by atoms with Crippen LogP contribution in [0.2, 0.25) is 0 Å². The highest BCUT2D eigenvalue weighted by atomic mass is 16.5. The van der Waals surface area contributed by atoms with Crippen molar-refractivity contribution in [2.75, 3.05) is 30.4 Å². The minimum Gasteiger partial charge on any atom is -0.465 e. The molecule has 138 valence electrons. The van der Waals surface area contributed by atoms with E-state index in [4.69, 9.17) is 0 Å². The van der Waals surface area contributed by atoms with E-state index in [1.165, 1.54) is 36.3 Å². The number of nitrogens with zero attached hydrogens (tertiary/aromatic N) is 2. The highest BCUT2D eigenvalue weighted by Crippen LogP contribution is 2.20. The van der Waals surface area contributed by atoms with Crippen molar-refractivity contribution >= 4 is 35.2 Å². The van der Waals surface area contributed by atoms with Crippen LogP contribution in [0.4, 0.5) is 16.2 Å². The maximum atomic E-state index is 12.5. The van der Waals surface area contributed by atoms with Crippen LogP contribution in [0.3, 0.4) is 0 Å². The molecule has 27 heavy (non-hydrogen) atoms. The standard InChI is InChI=1S/C19H17N3O5/c1-27-18(25)13-7-9-14(10-8-13)20-16(23)11-22-17(24)12-21(19(22)26)15-5-3-2-4-6-15/h2-10H,11-12H2,1H3,(H,20,23). The summed E-state index contributed by atoms with van der Waals surface area (Å²) in [6.45, 7) is -0.496. The van der Waals surface area contributed by atoms with E-state index in [0.29, 0.717) is 16.9 Å². The van der Waals surface area contributed by atoms with Gasteiger partial charge in [-0.25, -0.2) is 9.59 Å². The summed E-state index contributed by atoms with van der Waals surface area (Å²) in [6, 6.07) is 14.3. The average Bonchev–Trinajstić information content (AvgIpc) is 2.97. The summed E-state index contributed by atoms with van der Waals surface area (Å²) in [6.07, 6.45) is 0. The Morgan fingerprint density at radius 2 is 1.70 bits per heavy atom. The zero-order chi connectivity index (χ0) is 19.4. The maximum absolute atomic E-state index is 12.5. The number of hydrogen-bond acceptors (Lipinski definition) is 5.